The minimum atomic E-state index is 0. The summed E-state index contributed by atoms with van der Waals surface area (Å²) in [4.78, 5) is 6.92. The molecule has 0 radical (unpaired) electrons. The van der Waals surface area contributed by atoms with E-state index in [4.69, 9.17) is 5.73 Å². The highest BCUT2D eigenvalue weighted by Gasteiger charge is 2.11. The van der Waals surface area contributed by atoms with Crippen LogP contribution in [0.1, 0.15) is 11.4 Å². The van der Waals surface area contributed by atoms with Gasteiger partial charge in [0, 0.05) is 37.7 Å². The molecule has 3 rings (SSSR count). The molecule has 0 spiro atoms. The smallest absolute Gasteiger partial charge is 0.127 e. The standard InChI is InChI=1S/C20H24N4.ClH/c21-12-15-23(14-11-18-7-3-1-4-8-18)17-20-22-13-16-24(20)19-9-5-2-6-10-19;/h1-10,13,16H,11-12,14-15,17,21H2;1H. The highest BCUT2D eigenvalue weighted by Crippen LogP contribution is 2.12. The molecule has 0 saturated carbocycles. The monoisotopic (exact) mass is 356 g/mol. The van der Waals surface area contributed by atoms with Gasteiger partial charge in [-0.25, -0.2) is 4.98 Å². The molecule has 132 valence electrons. The lowest BCUT2D eigenvalue weighted by Crippen LogP contribution is -2.32. The Balaban J connectivity index is 0.00000225. The van der Waals surface area contributed by atoms with Crippen LogP contribution < -0.4 is 5.73 Å². The van der Waals surface area contributed by atoms with Gasteiger partial charge >= 0.3 is 0 Å². The highest BCUT2D eigenvalue weighted by atomic mass is 35.5. The van der Waals surface area contributed by atoms with Crippen LogP contribution in [0.15, 0.2) is 73.1 Å². The third kappa shape index (κ3) is 5.43. The second-order valence-electron chi connectivity index (χ2n) is 5.85. The van der Waals surface area contributed by atoms with E-state index < -0.39 is 0 Å². The van der Waals surface area contributed by atoms with Crippen LogP contribution in [0.25, 0.3) is 5.69 Å². The third-order valence-corrected chi connectivity index (χ3v) is 4.12. The Morgan fingerprint density at radius 3 is 2.28 bits per heavy atom. The summed E-state index contributed by atoms with van der Waals surface area (Å²) in [6.07, 6.45) is 4.90. The highest BCUT2D eigenvalue weighted by molar-refractivity contribution is 5.85. The van der Waals surface area contributed by atoms with E-state index in [0.717, 1.165) is 37.6 Å². The Kier molecular flexibility index (Phi) is 7.67. The number of rotatable bonds is 8. The summed E-state index contributed by atoms with van der Waals surface area (Å²) in [6.45, 7) is 3.30. The Labute approximate surface area is 155 Å². The van der Waals surface area contributed by atoms with Crippen molar-refractivity contribution in [1.29, 1.82) is 0 Å². The molecule has 0 saturated heterocycles. The summed E-state index contributed by atoms with van der Waals surface area (Å²) < 4.78 is 2.14. The minimum Gasteiger partial charge on any atom is -0.329 e. The zero-order valence-electron chi connectivity index (χ0n) is 14.3. The van der Waals surface area contributed by atoms with E-state index in [1.54, 1.807) is 0 Å². The van der Waals surface area contributed by atoms with Gasteiger partial charge in [-0.05, 0) is 24.1 Å². The Hall–Kier alpha value is -2.14. The number of para-hydroxylation sites is 1. The molecule has 25 heavy (non-hydrogen) atoms. The molecule has 0 aliphatic carbocycles. The maximum absolute atomic E-state index is 5.81. The molecule has 1 aromatic heterocycles. The van der Waals surface area contributed by atoms with E-state index in [9.17, 15) is 0 Å². The molecule has 5 heteroatoms. The van der Waals surface area contributed by atoms with Crippen molar-refractivity contribution in [3.63, 3.8) is 0 Å². The first-order valence-electron chi connectivity index (χ1n) is 8.41. The molecule has 0 amide bonds. The zero-order chi connectivity index (χ0) is 16.6. The SMILES string of the molecule is Cl.NCCN(CCc1ccccc1)Cc1nccn1-c1ccccc1. The van der Waals surface area contributed by atoms with Gasteiger partial charge in [0.1, 0.15) is 5.82 Å². The van der Waals surface area contributed by atoms with E-state index in [-0.39, 0.29) is 12.4 Å². The van der Waals surface area contributed by atoms with Gasteiger partial charge in [0.15, 0.2) is 0 Å². The third-order valence-electron chi connectivity index (χ3n) is 4.12. The van der Waals surface area contributed by atoms with Gasteiger partial charge in [0.2, 0.25) is 0 Å². The van der Waals surface area contributed by atoms with E-state index in [1.165, 1.54) is 5.56 Å². The van der Waals surface area contributed by atoms with Gasteiger partial charge in [-0.3, -0.25) is 4.90 Å². The molecule has 0 fully saturated rings. The molecule has 2 aromatic carbocycles. The molecule has 0 aliphatic heterocycles. The van der Waals surface area contributed by atoms with Crippen molar-refractivity contribution in [3.05, 3.63) is 84.4 Å². The average Bonchev–Trinajstić information content (AvgIpc) is 3.10. The lowest BCUT2D eigenvalue weighted by molar-refractivity contribution is 0.268. The second-order valence-corrected chi connectivity index (χ2v) is 5.85. The van der Waals surface area contributed by atoms with Crippen LogP contribution >= 0.6 is 12.4 Å². The van der Waals surface area contributed by atoms with Crippen molar-refractivity contribution >= 4 is 12.4 Å². The van der Waals surface area contributed by atoms with Crippen LogP contribution in [-0.2, 0) is 13.0 Å². The van der Waals surface area contributed by atoms with Gasteiger partial charge in [-0.15, -0.1) is 12.4 Å². The number of aromatic nitrogens is 2. The summed E-state index contributed by atoms with van der Waals surface area (Å²) in [6, 6.07) is 20.9. The van der Waals surface area contributed by atoms with E-state index in [2.05, 4.69) is 56.9 Å². The number of imidazole rings is 1. The first-order chi connectivity index (χ1) is 11.9. The molecule has 1 heterocycles. The second kappa shape index (κ2) is 9.99. The molecule has 3 aromatic rings. The van der Waals surface area contributed by atoms with Crippen molar-refractivity contribution in [2.75, 3.05) is 19.6 Å². The van der Waals surface area contributed by atoms with Gasteiger partial charge < -0.3 is 10.3 Å². The van der Waals surface area contributed by atoms with Crippen molar-refractivity contribution in [1.82, 2.24) is 14.5 Å². The molecule has 4 nitrogen and oxygen atoms in total. The summed E-state index contributed by atoms with van der Waals surface area (Å²) in [5, 5.41) is 0. The van der Waals surface area contributed by atoms with Gasteiger partial charge in [-0.2, -0.15) is 0 Å². The van der Waals surface area contributed by atoms with E-state index >= 15 is 0 Å². The van der Waals surface area contributed by atoms with Crippen molar-refractivity contribution in [2.45, 2.75) is 13.0 Å². The van der Waals surface area contributed by atoms with Crippen LogP contribution in [0.4, 0.5) is 0 Å². The summed E-state index contributed by atoms with van der Waals surface area (Å²) >= 11 is 0. The number of nitrogens with zero attached hydrogens (tertiary/aromatic N) is 3. The molecular weight excluding hydrogens is 332 g/mol. The minimum absolute atomic E-state index is 0. The fourth-order valence-corrected chi connectivity index (χ4v) is 2.86. The van der Waals surface area contributed by atoms with Crippen LogP contribution in [0.3, 0.4) is 0 Å². The normalized spacial score (nSPS) is 10.6. The first kappa shape index (κ1) is 19.2. The van der Waals surface area contributed by atoms with Crippen LogP contribution in [0.2, 0.25) is 0 Å². The van der Waals surface area contributed by atoms with Crippen molar-refractivity contribution in [3.8, 4) is 5.69 Å². The lowest BCUT2D eigenvalue weighted by Gasteiger charge is -2.22. The maximum Gasteiger partial charge on any atom is 0.127 e. The predicted molar refractivity (Wildman–Crippen MR) is 105 cm³/mol. The van der Waals surface area contributed by atoms with Crippen molar-refractivity contribution in [2.24, 2.45) is 5.73 Å². The summed E-state index contributed by atoms with van der Waals surface area (Å²) in [5.41, 5.74) is 8.30. The van der Waals surface area contributed by atoms with Crippen molar-refractivity contribution < 1.29 is 0 Å². The molecule has 0 atom stereocenters. The molecule has 0 unspecified atom stereocenters. The molecular formula is C20H25ClN4. The summed E-state index contributed by atoms with van der Waals surface area (Å²) in [7, 11) is 0. The van der Waals surface area contributed by atoms with Gasteiger partial charge in [0.25, 0.3) is 0 Å². The van der Waals surface area contributed by atoms with E-state index in [1.807, 2.05) is 30.6 Å². The summed E-state index contributed by atoms with van der Waals surface area (Å²) in [5.74, 6) is 1.04. The fourth-order valence-electron chi connectivity index (χ4n) is 2.86. The van der Waals surface area contributed by atoms with Gasteiger partial charge in [0.05, 0.1) is 6.54 Å². The zero-order valence-corrected chi connectivity index (χ0v) is 15.1. The van der Waals surface area contributed by atoms with Crippen LogP contribution in [-0.4, -0.2) is 34.1 Å². The number of hydrogen-bond acceptors (Lipinski definition) is 3. The number of halogens is 1. The molecule has 2 N–H and O–H groups in total. The topological polar surface area (TPSA) is 47.1 Å². The molecule has 0 bridgehead atoms. The average molecular weight is 357 g/mol. The Morgan fingerprint density at radius 1 is 0.920 bits per heavy atom. The first-order valence-corrected chi connectivity index (χ1v) is 8.41. The molecule has 0 aliphatic rings. The number of benzene rings is 2. The van der Waals surface area contributed by atoms with Crippen LogP contribution in [0, 0.1) is 0 Å². The largest absolute Gasteiger partial charge is 0.329 e. The lowest BCUT2D eigenvalue weighted by atomic mass is 10.1. The predicted octanol–water partition coefficient (Wildman–Crippen LogP) is 3.30. The number of nitrogens with two attached hydrogens (primary N) is 1. The van der Waals surface area contributed by atoms with E-state index in [0.29, 0.717) is 6.54 Å². The number of hydrogen-bond donors (Lipinski definition) is 1. The maximum atomic E-state index is 5.81. The van der Waals surface area contributed by atoms with Crippen LogP contribution in [0.5, 0.6) is 0 Å². The quantitative estimate of drug-likeness (QED) is 0.673. The Morgan fingerprint density at radius 2 is 1.60 bits per heavy atom. The fraction of sp³-hybridized carbons (Fsp3) is 0.250. The Bertz CT molecular complexity index is 728. The van der Waals surface area contributed by atoms with Gasteiger partial charge in [-0.1, -0.05) is 48.5 Å².